The number of benzene rings is 1. The fourth-order valence-electron chi connectivity index (χ4n) is 1.93. The molecule has 2 rings (SSSR count). The maximum absolute atomic E-state index is 12.1. The van der Waals surface area contributed by atoms with Gasteiger partial charge in [0.05, 0.1) is 10.6 Å². The molecule has 19 heavy (non-hydrogen) atoms. The van der Waals surface area contributed by atoms with Crippen molar-refractivity contribution in [3.8, 4) is 0 Å². The lowest BCUT2D eigenvalue weighted by atomic mass is 9.99. The van der Waals surface area contributed by atoms with E-state index in [9.17, 15) is 8.42 Å². The van der Waals surface area contributed by atoms with Gasteiger partial charge in [0.1, 0.15) is 0 Å². The normalized spacial score (nSPS) is 18.2. The second-order valence-electron chi connectivity index (χ2n) is 4.75. The summed E-state index contributed by atoms with van der Waals surface area (Å²) < 4.78 is 24.1. The number of aryl methyl sites for hydroxylation is 1. The summed E-state index contributed by atoms with van der Waals surface area (Å²) in [5, 5.41) is 4.05. The van der Waals surface area contributed by atoms with Crippen molar-refractivity contribution in [1.82, 2.24) is 4.83 Å². The van der Waals surface area contributed by atoms with Crippen LogP contribution in [0.15, 0.2) is 45.9 Å². The molecular formula is C14H18N2O2S. The van der Waals surface area contributed by atoms with Crippen molar-refractivity contribution in [2.45, 2.75) is 38.0 Å². The van der Waals surface area contributed by atoms with Gasteiger partial charge in [-0.2, -0.15) is 18.4 Å². The van der Waals surface area contributed by atoms with Crippen molar-refractivity contribution in [2.24, 2.45) is 5.10 Å². The molecule has 0 radical (unpaired) electrons. The highest BCUT2D eigenvalue weighted by molar-refractivity contribution is 7.89. The van der Waals surface area contributed by atoms with Crippen LogP contribution in [0.5, 0.6) is 0 Å². The minimum Gasteiger partial charge on any atom is -0.200 e. The van der Waals surface area contributed by atoms with E-state index in [4.69, 9.17) is 0 Å². The third kappa shape index (κ3) is 3.44. The van der Waals surface area contributed by atoms with E-state index in [0.717, 1.165) is 36.1 Å². The lowest BCUT2D eigenvalue weighted by Crippen LogP contribution is -2.21. The predicted octanol–water partition coefficient (Wildman–Crippen LogP) is 2.76. The molecule has 0 saturated heterocycles. The van der Waals surface area contributed by atoms with Crippen LogP contribution in [0.4, 0.5) is 0 Å². The van der Waals surface area contributed by atoms with Crippen LogP contribution in [0, 0.1) is 6.92 Å². The first-order valence-corrected chi connectivity index (χ1v) is 7.79. The Morgan fingerprint density at radius 3 is 2.47 bits per heavy atom. The summed E-state index contributed by atoms with van der Waals surface area (Å²) in [6.45, 7) is 3.87. The Morgan fingerprint density at radius 1 is 1.16 bits per heavy atom. The molecule has 0 aliphatic heterocycles. The number of nitrogens with one attached hydrogen (secondary N) is 1. The van der Waals surface area contributed by atoms with E-state index in [1.807, 2.05) is 13.8 Å². The van der Waals surface area contributed by atoms with Crippen molar-refractivity contribution in [3.05, 3.63) is 41.5 Å². The monoisotopic (exact) mass is 278 g/mol. The fraction of sp³-hybridized carbons (Fsp3) is 0.357. The molecule has 1 aromatic rings. The van der Waals surface area contributed by atoms with Gasteiger partial charge < -0.3 is 0 Å². The number of nitrogens with zero attached hydrogens (tertiary/aromatic N) is 1. The summed E-state index contributed by atoms with van der Waals surface area (Å²) in [6, 6.07) is 6.71. The molecule has 0 atom stereocenters. The maximum atomic E-state index is 12.1. The van der Waals surface area contributed by atoms with Gasteiger partial charge in [-0.1, -0.05) is 23.8 Å². The minimum absolute atomic E-state index is 0.236. The van der Waals surface area contributed by atoms with Crippen LogP contribution in [0.25, 0.3) is 0 Å². The molecule has 0 amide bonds. The standard InChI is InChI=1S/C14H18N2O2S/c1-11-7-9-13(10-8-11)19(17,18)16-15-14-6-4-3-5-12(14)2/h5,7-10,16H,3-4,6H2,1-2H3/b15-14-. The Morgan fingerprint density at radius 2 is 1.84 bits per heavy atom. The number of hydrazone groups is 1. The summed E-state index contributed by atoms with van der Waals surface area (Å²) in [5.41, 5.74) is 2.90. The van der Waals surface area contributed by atoms with Gasteiger partial charge in [0.15, 0.2) is 0 Å². The molecule has 102 valence electrons. The number of rotatable bonds is 3. The summed E-state index contributed by atoms with van der Waals surface area (Å²) in [4.78, 5) is 2.55. The fourth-order valence-corrected chi connectivity index (χ4v) is 2.76. The molecule has 1 aliphatic rings. The lowest BCUT2D eigenvalue weighted by molar-refractivity contribution is 0.584. The summed E-state index contributed by atoms with van der Waals surface area (Å²) in [5.74, 6) is 0. The lowest BCUT2D eigenvalue weighted by Gasteiger charge is -2.12. The van der Waals surface area contributed by atoms with Crippen LogP contribution < -0.4 is 4.83 Å². The summed E-state index contributed by atoms with van der Waals surface area (Å²) >= 11 is 0. The maximum Gasteiger partial charge on any atom is 0.276 e. The topological polar surface area (TPSA) is 58.5 Å². The van der Waals surface area contributed by atoms with Gasteiger partial charge in [-0.3, -0.25) is 0 Å². The van der Waals surface area contributed by atoms with Gasteiger partial charge in [0.25, 0.3) is 10.0 Å². The Balaban J connectivity index is 2.18. The van der Waals surface area contributed by atoms with Crippen LogP contribution >= 0.6 is 0 Å². The zero-order chi connectivity index (χ0) is 13.9. The number of hydrogen-bond acceptors (Lipinski definition) is 3. The van der Waals surface area contributed by atoms with Gasteiger partial charge >= 0.3 is 0 Å². The molecule has 0 heterocycles. The molecule has 0 aromatic heterocycles. The first kappa shape index (κ1) is 13.8. The predicted molar refractivity (Wildman–Crippen MR) is 76.5 cm³/mol. The van der Waals surface area contributed by atoms with Crippen molar-refractivity contribution < 1.29 is 8.42 Å². The Labute approximate surface area is 114 Å². The van der Waals surface area contributed by atoms with Crippen molar-refractivity contribution in [3.63, 3.8) is 0 Å². The molecule has 0 saturated carbocycles. The highest BCUT2D eigenvalue weighted by Gasteiger charge is 2.14. The van der Waals surface area contributed by atoms with Gasteiger partial charge in [-0.05, 0) is 50.8 Å². The van der Waals surface area contributed by atoms with Crippen molar-refractivity contribution in [1.29, 1.82) is 0 Å². The van der Waals surface area contributed by atoms with Crippen molar-refractivity contribution in [2.75, 3.05) is 0 Å². The zero-order valence-corrected chi connectivity index (χ0v) is 12.0. The highest BCUT2D eigenvalue weighted by Crippen LogP contribution is 2.15. The first-order chi connectivity index (χ1) is 8.99. The number of hydrogen-bond donors (Lipinski definition) is 1. The van der Waals surface area contributed by atoms with E-state index in [-0.39, 0.29) is 4.90 Å². The van der Waals surface area contributed by atoms with E-state index < -0.39 is 10.0 Å². The van der Waals surface area contributed by atoms with Gasteiger partial charge in [-0.15, -0.1) is 0 Å². The minimum atomic E-state index is -3.56. The molecule has 1 N–H and O–H groups in total. The number of sulfonamides is 1. The smallest absolute Gasteiger partial charge is 0.200 e. The summed E-state index contributed by atoms with van der Waals surface area (Å²) in [7, 11) is -3.56. The van der Waals surface area contributed by atoms with Crippen LogP contribution in [0.2, 0.25) is 0 Å². The van der Waals surface area contributed by atoms with Gasteiger partial charge in [0.2, 0.25) is 0 Å². The molecule has 0 unspecified atom stereocenters. The van der Waals surface area contributed by atoms with Crippen LogP contribution in [0.1, 0.15) is 31.7 Å². The van der Waals surface area contributed by atoms with Crippen LogP contribution in [0.3, 0.4) is 0 Å². The SMILES string of the molecule is CC1=CCCC/C1=N/NS(=O)(=O)c1ccc(C)cc1. The first-order valence-electron chi connectivity index (χ1n) is 6.31. The van der Waals surface area contributed by atoms with E-state index in [1.165, 1.54) is 0 Å². The number of allylic oxidation sites excluding steroid dienone is 2. The highest BCUT2D eigenvalue weighted by atomic mass is 32.2. The Kier molecular flexibility index (Phi) is 4.04. The molecule has 4 nitrogen and oxygen atoms in total. The third-order valence-electron chi connectivity index (χ3n) is 3.16. The van der Waals surface area contributed by atoms with Gasteiger partial charge in [0, 0.05) is 0 Å². The second-order valence-corrected chi connectivity index (χ2v) is 6.41. The molecule has 1 aromatic carbocycles. The average Bonchev–Trinajstić information content (AvgIpc) is 2.38. The molecule has 0 bridgehead atoms. The van der Waals surface area contributed by atoms with Crippen molar-refractivity contribution >= 4 is 15.7 Å². The second kappa shape index (κ2) is 5.57. The molecule has 5 heteroatoms. The van der Waals surface area contributed by atoms with E-state index in [2.05, 4.69) is 16.0 Å². The molecular weight excluding hydrogens is 260 g/mol. The van der Waals surface area contributed by atoms with Gasteiger partial charge in [-0.25, -0.2) is 0 Å². The summed E-state index contributed by atoms with van der Waals surface area (Å²) in [6.07, 6.45) is 4.96. The molecule has 1 aliphatic carbocycles. The van der Waals surface area contributed by atoms with Crippen LogP contribution in [-0.4, -0.2) is 14.1 Å². The Hall–Kier alpha value is -1.62. The average molecular weight is 278 g/mol. The van der Waals surface area contributed by atoms with E-state index >= 15 is 0 Å². The zero-order valence-electron chi connectivity index (χ0n) is 11.2. The largest absolute Gasteiger partial charge is 0.276 e. The van der Waals surface area contributed by atoms with E-state index in [0.29, 0.717) is 0 Å². The Bertz CT molecular complexity index is 613. The molecule has 0 spiro atoms. The quantitative estimate of drug-likeness (QED) is 0.864. The van der Waals surface area contributed by atoms with Crippen LogP contribution in [-0.2, 0) is 10.0 Å². The third-order valence-corrected chi connectivity index (χ3v) is 4.38. The van der Waals surface area contributed by atoms with E-state index in [1.54, 1.807) is 24.3 Å². The molecule has 0 fully saturated rings.